The molecule has 1 heteroatoms. The summed E-state index contributed by atoms with van der Waals surface area (Å²) in [6.45, 7) is 28.3. The molecule has 0 saturated carbocycles. The maximum absolute atomic E-state index is 3.12. The molecule has 2 aliphatic carbocycles. The standard InChI is InChI=1S/C43H46.2CH3.Hf/c1-23-25(3)29(7)41(30(8)26(23)4)37-17-13-15-33-19-35(21-39(33)37)43(11,12)36-20-34-16-14-18-38(40(34)22-36)42-31(9)27(5)24(2)28(6)32(42)10;;;/h13-22H,1-12H3;2*1H3;. The molecule has 0 spiro atoms. The first-order valence-corrected chi connectivity index (χ1v) is 28.7. The zero-order valence-electron chi connectivity index (χ0n) is 30.8. The van der Waals surface area contributed by atoms with Crippen molar-refractivity contribution in [2.75, 3.05) is 0 Å². The number of fused-ring (bicyclic) bond motifs is 6. The monoisotopic (exact) mass is 772 g/mol. The molecule has 7 rings (SSSR count). The molecule has 0 nitrogen and oxygen atoms in total. The fourth-order valence-electron chi connectivity index (χ4n) is 10.1. The summed E-state index contributed by atoms with van der Waals surface area (Å²) < 4.78 is 6.73. The number of hydrogen-bond donors (Lipinski definition) is 0. The minimum atomic E-state index is -3.12. The van der Waals surface area contributed by atoms with Gasteiger partial charge in [0.05, 0.1) is 0 Å². The summed E-state index contributed by atoms with van der Waals surface area (Å²) in [7, 11) is 0. The van der Waals surface area contributed by atoms with Crippen molar-refractivity contribution in [3.05, 3.63) is 125 Å². The molecule has 0 N–H and O–H groups in total. The summed E-state index contributed by atoms with van der Waals surface area (Å²) in [5.41, 5.74) is 29.8. The van der Waals surface area contributed by atoms with Crippen LogP contribution in [0.2, 0.25) is 9.36 Å². The van der Waals surface area contributed by atoms with Crippen LogP contribution in [0.4, 0.5) is 0 Å². The fraction of sp³-hybridized carbons (Fsp3) is 0.378. The molecule has 2 atom stereocenters. The van der Waals surface area contributed by atoms with E-state index in [1.807, 2.05) is 0 Å². The van der Waals surface area contributed by atoms with Crippen LogP contribution in [0.5, 0.6) is 0 Å². The molecule has 0 amide bonds. The van der Waals surface area contributed by atoms with E-state index in [9.17, 15) is 0 Å². The van der Waals surface area contributed by atoms with Gasteiger partial charge in [-0.05, 0) is 0 Å². The molecular weight excluding hydrogens is 719 g/mol. The van der Waals surface area contributed by atoms with Gasteiger partial charge in [0.25, 0.3) is 0 Å². The summed E-state index contributed by atoms with van der Waals surface area (Å²) in [6, 6.07) is 14.5. The van der Waals surface area contributed by atoms with Gasteiger partial charge >= 0.3 is 285 Å². The van der Waals surface area contributed by atoms with Crippen LogP contribution in [-0.2, 0) is 20.0 Å². The molecule has 4 aromatic carbocycles. The molecule has 1 fully saturated rings. The van der Waals surface area contributed by atoms with E-state index in [4.69, 9.17) is 0 Å². The minimum absolute atomic E-state index is 0.00380. The Labute approximate surface area is 283 Å². The zero-order valence-corrected chi connectivity index (χ0v) is 34.4. The molecule has 1 heterocycles. The van der Waals surface area contributed by atoms with Gasteiger partial charge in [0, 0.05) is 0 Å². The first-order valence-electron chi connectivity index (χ1n) is 17.4. The van der Waals surface area contributed by atoms with E-state index in [1.54, 1.807) is 22.3 Å². The molecule has 1 saturated heterocycles. The summed E-state index contributed by atoms with van der Waals surface area (Å²) >= 11 is -3.12. The van der Waals surface area contributed by atoms with Crippen molar-refractivity contribution < 1.29 is 20.0 Å². The average Bonchev–Trinajstić information content (AvgIpc) is 3.63. The third-order valence-electron chi connectivity index (χ3n) is 13.6. The van der Waals surface area contributed by atoms with Crippen molar-refractivity contribution in [3.63, 3.8) is 0 Å². The molecule has 4 aromatic rings. The summed E-state index contributed by atoms with van der Waals surface area (Å²) in [6.07, 6.45) is 5.34. The third kappa shape index (κ3) is 4.00. The van der Waals surface area contributed by atoms with Crippen molar-refractivity contribution in [2.45, 2.75) is 99.8 Å². The van der Waals surface area contributed by atoms with Gasteiger partial charge in [-0.1, -0.05) is 0 Å². The number of rotatable bonds is 2. The Morgan fingerprint density at radius 1 is 0.457 bits per heavy atom. The third-order valence-corrected chi connectivity index (χ3v) is 28.8. The van der Waals surface area contributed by atoms with Gasteiger partial charge in [0.15, 0.2) is 0 Å². The van der Waals surface area contributed by atoms with Gasteiger partial charge in [0.1, 0.15) is 0 Å². The van der Waals surface area contributed by atoms with E-state index in [0.29, 0.717) is 7.35 Å². The Bertz CT molecular complexity index is 1890. The maximum atomic E-state index is 2.77. The van der Waals surface area contributed by atoms with Crippen LogP contribution >= 0.6 is 0 Å². The molecular formula is C45H52Hf. The van der Waals surface area contributed by atoms with Crippen LogP contribution in [0.3, 0.4) is 0 Å². The molecule has 236 valence electrons. The first-order chi connectivity index (χ1) is 21.5. The Hall–Kier alpha value is -2.77. The van der Waals surface area contributed by atoms with Crippen molar-refractivity contribution in [1.82, 2.24) is 0 Å². The number of allylic oxidation sites excluding steroid dienone is 2. The second-order valence-electron chi connectivity index (χ2n) is 16.1. The van der Waals surface area contributed by atoms with Crippen molar-refractivity contribution in [2.24, 2.45) is 5.41 Å². The molecule has 0 radical (unpaired) electrons. The number of hydrogen-bond acceptors (Lipinski definition) is 0. The van der Waals surface area contributed by atoms with Crippen LogP contribution in [0.25, 0.3) is 34.4 Å². The molecule has 2 unspecified atom stereocenters. The SMILES string of the molecule is Cc1c(C)c(C)c(-c2cccc3c2C=C2[CH]3[Hf]([CH3])([CH3])[CH]3C(=Cc4c(-c5c(C)c(C)c(C)c(C)c5C)cccc43)C2(C)C)c(C)c1C. The van der Waals surface area contributed by atoms with E-state index in [-0.39, 0.29) is 5.41 Å². The Morgan fingerprint density at radius 2 is 0.761 bits per heavy atom. The molecule has 3 aliphatic rings. The van der Waals surface area contributed by atoms with Crippen LogP contribution < -0.4 is 0 Å². The van der Waals surface area contributed by atoms with E-state index in [2.05, 4.69) is 141 Å². The van der Waals surface area contributed by atoms with Crippen molar-refractivity contribution in [3.8, 4) is 22.3 Å². The van der Waals surface area contributed by atoms with Gasteiger partial charge in [-0.2, -0.15) is 0 Å². The number of benzene rings is 4. The van der Waals surface area contributed by atoms with E-state index in [0.717, 1.165) is 0 Å². The van der Waals surface area contributed by atoms with Crippen LogP contribution in [-0.4, -0.2) is 0 Å². The molecule has 0 aromatic heterocycles. The molecule has 1 aliphatic heterocycles. The van der Waals surface area contributed by atoms with Crippen LogP contribution in [0.15, 0.2) is 47.5 Å². The summed E-state index contributed by atoms with van der Waals surface area (Å²) in [4.78, 5) is 0. The van der Waals surface area contributed by atoms with Gasteiger partial charge in [0.2, 0.25) is 0 Å². The predicted molar refractivity (Wildman–Crippen MR) is 198 cm³/mol. The Morgan fingerprint density at radius 3 is 1.09 bits per heavy atom. The second-order valence-corrected chi connectivity index (χ2v) is 33.4. The van der Waals surface area contributed by atoms with E-state index >= 15 is 0 Å². The molecule has 46 heavy (non-hydrogen) atoms. The van der Waals surface area contributed by atoms with Gasteiger partial charge in [-0.15, -0.1) is 0 Å². The van der Waals surface area contributed by atoms with Gasteiger partial charge in [-0.3, -0.25) is 0 Å². The van der Waals surface area contributed by atoms with Crippen molar-refractivity contribution in [1.29, 1.82) is 0 Å². The fourth-order valence-corrected chi connectivity index (χ4v) is 27.8. The van der Waals surface area contributed by atoms with Crippen molar-refractivity contribution >= 4 is 12.2 Å². The normalized spacial score (nSPS) is 20.1. The summed E-state index contributed by atoms with van der Waals surface area (Å²) in [5, 5.41) is 0. The zero-order chi connectivity index (χ0) is 33.4. The van der Waals surface area contributed by atoms with E-state index in [1.165, 1.54) is 89.0 Å². The Balaban J connectivity index is 1.46. The van der Waals surface area contributed by atoms with Crippen LogP contribution in [0, 0.1) is 74.7 Å². The van der Waals surface area contributed by atoms with Crippen LogP contribution in [0.1, 0.15) is 99.1 Å². The van der Waals surface area contributed by atoms with Gasteiger partial charge in [-0.25, -0.2) is 0 Å². The predicted octanol–water partition coefficient (Wildman–Crippen LogP) is 13.0. The average molecular weight is 771 g/mol. The Kier molecular flexibility index (Phi) is 7.17. The topological polar surface area (TPSA) is 0 Å². The van der Waals surface area contributed by atoms with E-state index < -0.39 is 20.0 Å². The molecule has 0 bridgehead atoms. The summed E-state index contributed by atoms with van der Waals surface area (Å²) in [5.74, 6) is 0. The quantitative estimate of drug-likeness (QED) is 0.178. The first kappa shape index (κ1) is 31.8. The second kappa shape index (κ2) is 10.4. The van der Waals surface area contributed by atoms with Gasteiger partial charge < -0.3 is 0 Å².